The van der Waals surface area contributed by atoms with Gasteiger partial charge in [0.2, 0.25) is 5.91 Å². The van der Waals surface area contributed by atoms with Gasteiger partial charge in [-0.2, -0.15) is 0 Å². The van der Waals surface area contributed by atoms with Crippen LogP contribution in [-0.4, -0.2) is 50.1 Å². The number of amides is 2. The normalized spacial score (nSPS) is 16.9. The number of hydrogen-bond acceptors (Lipinski definition) is 4. The van der Waals surface area contributed by atoms with E-state index in [1.165, 1.54) is 14.2 Å². The highest BCUT2D eigenvalue weighted by Gasteiger charge is 2.36. The highest BCUT2D eigenvalue weighted by molar-refractivity contribution is 6.04. The van der Waals surface area contributed by atoms with E-state index in [-0.39, 0.29) is 11.8 Å². The molecule has 148 valence electrons. The molecule has 0 saturated carbocycles. The maximum atomic E-state index is 13.1. The van der Waals surface area contributed by atoms with Crippen LogP contribution in [0.5, 0.6) is 11.5 Å². The van der Waals surface area contributed by atoms with Crippen LogP contribution >= 0.6 is 0 Å². The van der Waals surface area contributed by atoms with Crippen molar-refractivity contribution in [1.29, 1.82) is 0 Å². The summed E-state index contributed by atoms with van der Waals surface area (Å²) >= 11 is 0. The van der Waals surface area contributed by atoms with Crippen molar-refractivity contribution in [3.05, 3.63) is 53.1 Å². The predicted molar refractivity (Wildman–Crippen MR) is 108 cm³/mol. The average Bonchev–Trinajstić information content (AvgIpc) is 2.69. The second-order valence-corrected chi connectivity index (χ2v) is 7.06. The summed E-state index contributed by atoms with van der Waals surface area (Å²) in [5.74, 6) is 0.783. The Hall–Kier alpha value is -3.02. The molecule has 2 aromatic rings. The first kappa shape index (κ1) is 19.7. The minimum absolute atomic E-state index is 0.0820. The van der Waals surface area contributed by atoms with Gasteiger partial charge in [-0.15, -0.1) is 0 Å². The van der Waals surface area contributed by atoms with Crippen molar-refractivity contribution in [3.8, 4) is 11.5 Å². The van der Waals surface area contributed by atoms with Gasteiger partial charge in [0.05, 0.1) is 14.2 Å². The summed E-state index contributed by atoms with van der Waals surface area (Å²) in [5, 5.41) is 0. The number of carbonyl (C=O) groups excluding carboxylic acids is 2. The Balaban J connectivity index is 1.85. The summed E-state index contributed by atoms with van der Waals surface area (Å²) < 4.78 is 10.5. The van der Waals surface area contributed by atoms with Gasteiger partial charge in [0.1, 0.15) is 17.5 Å². The van der Waals surface area contributed by atoms with E-state index in [1.54, 1.807) is 34.9 Å². The van der Waals surface area contributed by atoms with Crippen LogP contribution in [0.2, 0.25) is 0 Å². The van der Waals surface area contributed by atoms with Crippen molar-refractivity contribution in [2.75, 3.05) is 32.2 Å². The monoisotopic (exact) mass is 382 g/mol. The lowest BCUT2D eigenvalue weighted by Crippen LogP contribution is -2.58. The molecule has 1 fully saturated rings. The van der Waals surface area contributed by atoms with Crippen molar-refractivity contribution in [3.63, 3.8) is 0 Å². The van der Waals surface area contributed by atoms with Gasteiger partial charge in [0.15, 0.2) is 0 Å². The number of carbonyl (C=O) groups is 2. The molecule has 1 atom stereocenters. The van der Waals surface area contributed by atoms with Gasteiger partial charge < -0.3 is 19.3 Å². The fourth-order valence-electron chi connectivity index (χ4n) is 3.59. The fourth-order valence-corrected chi connectivity index (χ4v) is 3.59. The number of benzene rings is 2. The Morgan fingerprint density at radius 1 is 1.00 bits per heavy atom. The van der Waals surface area contributed by atoms with Gasteiger partial charge >= 0.3 is 0 Å². The number of ether oxygens (including phenoxy) is 2. The Bertz CT molecular complexity index is 887. The summed E-state index contributed by atoms with van der Waals surface area (Å²) in [7, 11) is 3.08. The van der Waals surface area contributed by atoms with Crippen molar-refractivity contribution in [1.82, 2.24) is 4.90 Å². The molecule has 0 bridgehead atoms. The van der Waals surface area contributed by atoms with Crippen molar-refractivity contribution >= 4 is 17.5 Å². The zero-order valence-electron chi connectivity index (χ0n) is 17.0. The average molecular weight is 382 g/mol. The standard InChI is InChI=1S/C22H26N2O4/c1-14-6-7-20(15(2)10-14)24-9-8-23(16(3)21(24)25)22(26)17-11-18(27-4)13-19(12-17)28-5/h6-7,10-13,16H,8-9H2,1-5H3/t16-/m0/s1. The molecule has 0 aliphatic carbocycles. The summed E-state index contributed by atoms with van der Waals surface area (Å²) in [6.07, 6.45) is 0. The summed E-state index contributed by atoms with van der Waals surface area (Å²) in [5.41, 5.74) is 3.55. The first-order valence-corrected chi connectivity index (χ1v) is 9.28. The van der Waals surface area contributed by atoms with Crippen LogP contribution in [0.25, 0.3) is 0 Å². The van der Waals surface area contributed by atoms with E-state index in [0.29, 0.717) is 30.2 Å². The van der Waals surface area contributed by atoms with Gasteiger partial charge in [0.25, 0.3) is 5.91 Å². The highest BCUT2D eigenvalue weighted by Crippen LogP contribution is 2.28. The third kappa shape index (κ3) is 3.67. The molecule has 6 heteroatoms. The molecule has 1 saturated heterocycles. The van der Waals surface area contributed by atoms with Crippen molar-refractivity contribution in [2.45, 2.75) is 26.8 Å². The van der Waals surface area contributed by atoms with Crippen LogP contribution in [0.15, 0.2) is 36.4 Å². The molecule has 3 rings (SSSR count). The Labute approximate surface area is 165 Å². The second-order valence-electron chi connectivity index (χ2n) is 7.06. The summed E-state index contributed by atoms with van der Waals surface area (Å²) in [6, 6.07) is 10.5. The molecular formula is C22H26N2O4. The Morgan fingerprint density at radius 2 is 1.64 bits per heavy atom. The minimum Gasteiger partial charge on any atom is -0.497 e. The first-order chi connectivity index (χ1) is 13.3. The van der Waals surface area contributed by atoms with Gasteiger partial charge in [-0.1, -0.05) is 17.7 Å². The quantitative estimate of drug-likeness (QED) is 0.815. The molecule has 1 heterocycles. The molecule has 28 heavy (non-hydrogen) atoms. The van der Waals surface area contributed by atoms with E-state index in [4.69, 9.17) is 9.47 Å². The van der Waals surface area contributed by atoms with E-state index in [1.807, 2.05) is 26.0 Å². The van der Waals surface area contributed by atoms with Crippen LogP contribution < -0.4 is 14.4 Å². The number of anilines is 1. The molecule has 0 radical (unpaired) electrons. The SMILES string of the molecule is COc1cc(OC)cc(C(=O)N2CCN(c3ccc(C)cc3C)C(=O)[C@@H]2C)c1. The molecule has 1 aliphatic heterocycles. The van der Waals surface area contributed by atoms with Crippen molar-refractivity contribution in [2.24, 2.45) is 0 Å². The van der Waals surface area contributed by atoms with Crippen LogP contribution in [0.4, 0.5) is 5.69 Å². The maximum absolute atomic E-state index is 13.1. The van der Waals surface area contributed by atoms with E-state index in [0.717, 1.165) is 16.8 Å². The lowest BCUT2D eigenvalue weighted by atomic mass is 10.1. The van der Waals surface area contributed by atoms with Crippen LogP contribution in [-0.2, 0) is 4.79 Å². The predicted octanol–water partition coefficient (Wildman–Crippen LogP) is 3.20. The number of methoxy groups -OCH3 is 2. The van der Waals surface area contributed by atoms with Gasteiger partial charge in [0, 0.05) is 30.4 Å². The number of rotatable bonds is 4. The molecule has 6 nitrogen and oxygen atoms in total. The zero-order chi connectivity index (χ0) is 20.4. The van der Waals surface area contributed by atoms with Crippen molar-refractivity contribution < 1.29 is 19.1 Å². The molecule has 0 N–H and O–H groups in total. The number of hydrogen-bond donors (Lipinski definition) is 0. The van der Waals surface area contributed by atoms with E-state index >= 15 is 0 Å². The third-order valence-electron chi connectivity index (χ3n) is 5.16. The topological polar surface area (TPSA) is 59.1 Å². The molecule has 0 spiro atoms. The van der Waals surface area contributed by atoms with Crippen LogP contribution in [0, 0.1) is 13.8 Å². The zero-order valence-corrected chi connectivity index (χ0v) is 17.0. The van der Waals surface area contributed by atoms with E-state index < -0.39 is 6.04 Å². The van der Waals surface area contributed by atoms with E-state index in [2.05, 4.69) is 6.07 Å². The first-order valence-electron chi connectivity index (χ1n) is 9.28. The van der Waals surface area contributed by atoms with Gasteiger partial charge in [-0.3, -0.25) is 9.59 Å². The lowest BCUT2D eigenvalue weighted by molar-refractivity contribution is -0.124. The largest absolute Gasteiger partial charge is 0.497 e. The maximum Gasteiger partial charge on any atom is 0.254 e. The Kier molecular flexibility index (Phi) is 5.58. The Morgan fingerprint density at radius 3 is 2.21 bits per heavy atom. The van der Waals surface area contributed by atoms with Crippen LogP contribution in [0.1, 0.15) is 28.4 Å². The molecule has 2 amide bonds. The molecule has 0 unspecified atom stereocenters. The molecule has 0 aromatic heterocycles. The molecule has 1 aliphatic rings. The number of piperazine rings is 1. The molecule has 2 aromatic carbocycles. The lowest BCUT2D eigenvalue weighted by Gasteiger charge is -2.39. The van der Waals surface area contributed by atoms with Gasteiger partial charge in [-0.25, -0.2) is 0 Å². The third-order valence-corrected chi connectivity index (χ3v) is 5.16. The second kappa shape index (κ2) is 7.92. The molecular weight excluding hydrogens is 356 g/mol. The fraction of sp³-hybridized carbons (Fsp3) is 0.364. The van der Waals surface area contributed by atoms with Gasteiger partial charge in [-0.05, 0) is 44.5 Å². The summed E-state index contributed by atoms with van der Waals surface area (Å²) in [4.78, 5) is 29.5. The smallest absolute Gasteiger partial charge is 0.254 e. The minimum atomic E-state index is -0.556. The number of aryl methyl sites for hydroxylation is 2. The van der Waals surface area contributed by atoms with E-state index in [9.17, 15) is 9.59 Å². The summed E-state index contributed by atoms with van der Waals surface area (Å²) in [6.45, 7) is 6.71. The van der Waals surface area contributed by atoms with Crippen LogP contribution in [0.3, 0.4) is 0 Å². The highest BCUT2D eigenvalue weighted by atomic mass is 16.5. The number of nitrogens with zero attached hydrogens (tertiary/aromatic N) is 2.